The number of carbonyl (C=O) groups excluding carboxylic acids is 1. The van der Waals surface area contributed by atoms with Crippen molar-refractivity contribution in [3.05, 3.63) is 53.2 Å². The number of benzene rings is 1. The highest BCUT2D eigenvalue weighted by atomic mass is 16.5. The first-order valence-electron chi connectivity index (χ1n) is 7.88. The number of nitrogens with zero attached hydrogens (tertiary/aromatic N) is 3. The van der Waals surface area contributed by atoms with Crippen LogP contribution in [0.15, 0.2) is 34.9 Å². The minimum Gasteiger partial charge on any atom is -0.339 e. The van der Waals surface area contributed by atoms with Crippen LogP contribution in [-0.2, 0) is 4.79 Å². The van der Waals surface area contributed by atoms with Gasteiger partial charge in [0.05, 0.1) is 5.92 Å². The normalized spacial score (nSPS) is 18.5. The van der Waals surface area contributed by atoms with Gasteiger partial charge in [0.25, 0.3) is 0 Å². The fourth-order valence-corrected chi connectivity index (χ4v) is 3.01. The van der Waals surface area contributed by atoms with E-state index < -0.39 is 0 Å². The third-order valence-electron chi connectivity index (χ3n) is 4.30. The van der Waals surface area contributed by atoms with Crippen molar-refractivity contribution in [2.24, 2.45) is 0 Å². The average molecular weight is 311 g/mol. The standard InChI is InChI=1S/C18H21N3O2/c1-12-6-4-5-7-16(12)13(2)10-17(22)21-9-8-15(11-21)18-19-14(3)20-23-18/h4-7,10,15H,8-9,11H2,1-3H3/b13-10+. The Hall–Kier alpha value is -2.43. The van der Waals surface area contributed by atoms with Gasteiger partial charge < -0.3 is 9.42 Å². The minimum absolute atomic E-state index is 0.0458. The molecule has 0 N–H and O–H groups in total. The highest BCUT2D eigenvalue weighted by Crippen LogP contribution is 2.26. The van der Waals surface area contributed by atoms with E-state index in [1.165, 1.54) is 5.56 Å². The number of likely N-dealkylation sites (tertiary alicyclic amines) is 1. The molecule has 1 unspecified atom stereocenters. The van der Waals surface area contributed by atoms with Crippen molar-refractivity contribution in [1.29, 1.82) is 0 Å². The summed E-state index contributed by atoms with van der Waals surface area (Å²) in [6.45, 7) is 7.20. The molecule has 120 valence electrons. The maximum atomic E-state index is 12.5. The molecule has 1 aromatic carbocycles. The molecule has 1 aliphatic heterocycles. The summed E-state index contributed by atoms with van der Waals surface area (Å²) in [5.74, 6) is 1.47. The number of amides is 1. The van der Waals surface area contributed by atoms with E-state index in [1.54, 1.807) is 13.0 Å². The summed E-state index contributed by atoms with van der Waals surface area (Å²) >= 11 is 0. The van der Waals surface area contributed by atoms with Gasteiger partial charge in [-0.05, 0) is 43.9 Å². The number of aromatic nitrogens is 2. The van der Waals surface area contributed by atoms with Crippen molar-refractivity contribution in [1.82, 2.24) is 15.0 Å². The Morgan fingerprint density at radius 3 is 2.83 bits per heavy atom. The SMILES string of the molecule is C/C(=C\C(=O)N1CCC(c2nc(C)no2)C1)c1ccccc1C. The molecule has 0 spiro atoms. The van der Waals surface area contributed by atoms with E-state index in [4.69, 9.17) is 4.52 Å². The summed E-state index contributed by atoms with van der Waals surface area (Å²) in [5.41, 5.74) is 3.28. The average Bonchev–Trinajstić information content (AvgIpc) is 3.16. The molecule has 2 aromatic rings. The van der Waals surface area contributed by atoms with Gasteiger partial charge in [-0.15, -0.1) is 0 Å². The highest BCUT2D eigenvalue weighted by molar-refractivity contribution is 5.95. The lowest BCUT2D eigenvalue weighted by Crippen LogP contribution is -2.26. The largest absolute Gasteiger partial charge is 0.339 e. The zero-order valence-corrected chi connectivity index (χ0v) is 13.7. The van der Waals surface area contributed by atoms with Gasteiger partial charge in [-0.25, -0.2) is 0 Å². The van der Waals surface area contributed by atoms with Gasteiger partial charge in [-0.3, -0.25) is 4.79 Å². The predicted octanol–water partition coefficient (Wildman–Crippen LogP) is 3.11. The lowest BCUT2D eigenvalue weighted by atomic mass is 10.0. The Morgan fingerprint density at radius 2 is 2.13 bits per heavy atom. The van der Waals surface area contributed by atoms with E-state index in [2.05, 4.69) is 23.1 Å². The second kappa shape index (κ2) is 6.36. The van der Waals surface area contributed by atoms with Crippen LogP contribution in [0.1, 0.15) is 42.1 Å². The molecule has 0 radical (unpaired) electrons. The molecule has 23 heavy (non-hydrogen) atoms. The monoisotopic (exact) mass is 311 g/mol. The fraction of sp³-hybridized carbons (Fsp3) is 0.389. The van der Waals surface area contributed by atoms with Gasteiger partial charge in [0.15, 0.2) is 5.82 Å². The molecule has 1 saturated heterocycles. The zero-order valence-electron chi connectivity index (χ0n) is 13.7. The van der Waals surface area contributed by atoms with Gasteiger partial charge >= 0.3 is 0 Å². The topological polar surface area (TPSA) is 59.2 Å². The lowest BCUT2D eigenvalue weighted by molar-refractivity contribution is -0.125. The quantitative estimate of drug-likeness (QED) is 0.817. The zero-order chi connectivity index (χ0) is 16.4. The lowest BCUT2D eigenvalue weighted by Gasteiger charge is -2.14. The van der Waals surface area contributed by atoms with Crippen molar-refractivity contribution >= 4 is 11.5 Å². The second-order valence-corrected chi connectivity index (χ2v) is 6.09. The van der Waals surface area contributed by atoms with Gasteiger partial charge in [0.1, 0.15) is 0 Å². The van der Waals surface area contributed by atoms with Gasteiger partial charge in [0, 0.05) is 19.2 Å². The molecule has 2 heterocycles. The summed E-state index contributed by atoms with van der Waals surface area (Å²) in [6.07, 6.45) is 2.59. The molecule has 1 aromatic heterocycles. The Labute approximate surface area is 136 Å². The molecule has 5 nitrogen and oxygen atoms in total. The van der Waals surface area contributed by atoms with Crippen molar-refractivity contribution in [3.63, 3.8) is 0 Å². The van der Waals surface area contributed by atoms with Crippen LogP contribution in [0.5, 0.6) is 0 Å². The summed E-state index contributed by atoms with van der Waals surface area (Å²) in [4.78, 5) is 18.6. The molecule has 1 fully saturated rings. The molecule has 1 amide bonds. The summed E-state index contributed by atoms with van der Waals surface area (Å²) in [6, 6.07) is 8.10. The van der Waals surface area contributed by atoms with E-state index in [0.29, 0.717) is 18.3 Å². The maximum absolute atomic E-state index is 12.5. The summed E-state index contributed by atoms with van der Waals surface area (Å²) in [7, 11) is 0. The van der Waals surface area contributed by atoms with Crippen LogP contribution >= 0.6 is 0 Å². The fourth-order valence-electron chi connectivity index (χ4n) is 3.01. The Balaban J connectivity index is 1.70. The van der Waals surface area contributed by atoms with Crippen molar-refractivity contribution < 1.29 is 9.32 Å². The maximum Gasteiger partial charge on any atom is 0.246 e. The number of hydrogen-bond acceptors (Lipinski definition) is 4. The molecular weight excluding hydrogens is 290 g/mol. The predicted molar refractivity (Wildman–Crippen MR) is 87.8 cm³/mol. The minimum atomic E-state index is 0.0458. The Kier molecular flexibility index (Phi) is 4.28. The number of allylic oxidation sites excluding steroid dienone is 1. The van der Waals surface area contributed by atoms with Crippen LogP contribution in [-0.4, -0.2) is 34.0 Å². The number of rotatable bonds is 3. The van der Waals surface area contributed by atoms with E-state index in [-0.39, 0.29) is 11.8 Å². The van der Waals surface area contributed by atoms with Crippen molar-refractivity contribution in [3.8, 4) is 0 Å². The van der Waals surface area contributed by atoms with Gasteiger partial charge in [-0.2, -0.15) is 4.98 Å². The Bertz CT molecular complexity index is 748. The molecule has 1 aliphatic rings. The van der Waals surface area contributed by atoms with Crippen LogP contribution in [0.4, 0.5) is 0 Å². The number of aryl methyl sites for hydroxylation is 2. The summed E-state index contributed by atoms with van der Waals surface area (Å²) in [5, 5.41) is 3.83. The van der Waals surface area contributed by atoms with E-state index >= 15 is 0 Å². The third kappa shape index (κ3) is 3.33. The molecule has 5 heteroatoms. The van der Waals surface area contributed by atoms with Crippen LogP contribution in [0.3, 0.4) is 0 Å². The molecule has 3 rings (SSSR count). The van der Waals surface area contributed by atoms with Crippen LogP contribution in [0.2, 0.25) is 0 Å². The third-order valence-corrected chi connectivity index (χ3v) is 4.30. The molecular formula is C18H21N3O2. The highest BCUT2D eigenvalue weighted by Gasteiger charge is 2.30. The second-order valence-electron chi connectivity index (χ2n) is 6.09. The molecule has 0 bridgehead atoms. The molecule has 0 saturated carbocycles. The van der Waals surface area contributed by atoms with Gasteiger partial charge in [0.2, 0.25) is 11.8 Å². The first-order chi connectivity index (χ1) is 11.0. The van der Waals surface area contributed by atoms with Gasteiger partial charge in [-0.1, -0.05) is 29.4 Å². The summed E-state index contributed by atoms with van der Waals surface area (Å²) < 4.78 is 5.23. The molecule has 0 aliphatic carbocycles. The molecule has 1 atom stereocenters. The van der Waals surface area contributed by atoms with E-state index in [0.717, 1.165) is 24.1 Å². The van der Waals surface area contributed by atoms with Crippen LogP contribution in [0, 0.1) is 13.8 Å². The van der Waals surface area contributed by atoms with Crippen LogP contribution < -0.4 is 0 Å². The number of carbonyl (C=O) groups is 1. The van der Waals surface area contributed by atoms with Crippen molar-refractivity contribution in [2.45, 2.75) is 33.1 Å². The smallest absolute Gasteiger partial charge is 0.246 e. The van der Waals surface area contributed by atoms with E-state index in [1.807, 2.05) is 30.0 Å². The van der Waals surface area contributed by atoms with Crippen LogP contribution in [0.25, 0.3) is 5.57 Å². The first-order valence-corrected chi connectivity index (χ1v) is 7.88. The first kappa shape index (κ1) is 15.5. The van der Waals surface area contributed by atoms with E-state index in [9.17, 15) is 4.79 Å². The van der Waals surface area contributed by atoms with Crippen molar-refractivity contribution in [2.75, 3.05) is 13.1 Å². The number of hydrogen-bond donors (Lipinski definition) is 0. The Morgan fingerprint density at radius 1 is 1.35 bits per heavy atom.